The smallest absolute Gasteiger partial charge is 0.332 e. The molecule has 0 N–H and O–H groups in total. The lowest BCUT2D eigenvalue weighted by Gasteiger charge is -2.14. The van der Waals surface area contributed by atoms with Gasteiger partial charge in [0.05, 0.1) is 0 Å². The molecule has 0 saturated carbocycles. The molecule has 80 valence electrons. The summed E-state index contributed by atoms with van der Waals surface area (Å²) in [6.45, 7) is 1.76. The molecule has 0 aromatic heterocycles. The lowest BCUT2D eigenvalue weighted by atomic mass is 10.2. The molecule has 0 aliphatic carbocycles. The van der Waals surface area contributed by atoms with E-state index in [-0.39, 0.29) is 0 Å². The van der Waals surface area contributed by atoms with Gasteiger partial charge in [-0.1, -0.05) is 36.4 Å². The van der Waals surface area contributed by atoms with Gasteiger partial charge in [0.15, 0.2) is 0 Å². The number of carbonyl (C=O) groups excluding carboxylic acids is 1. The van der Waals surface area contributed by atoms with E-state index in [9.17, 15) is 4.79 Å². The summed E-state index contributed by atoms with van der Waals surface area (Å²) in [5, 5.41) is 0. The van der Waals surface area contributed by atoms with Crippen LogP contribution in [0.5, 0.6) is 0 Å². The number of esters is 1. The third-order valence-corrected chi connectivity index (χ3v) is 1.81. The predicted octanol–water partition coefficient (Wildman–Crippen LogP) is 2.45. The van der Waals surface area contributed by atoms with Gasteiger partial charge >= 0.3 is 5.97 Å². The molecule has 0 amide bonds. The Morgan fingerprint density at radius 1 is 1.33 bits per heavy atom. The number of carbonyl (C=O) groups is 1. The second-order valence-corrected chi connectivity index (χ2v) is 2.92. The molecular formula is C12H14O3. The second kappa shape index (κ2) is 5.98. The van der Waals surface area contributed by atoms with Crippen molar-refractivity contribution in [2.75, 3.05) is 7.11 Å². The topological polar surface area (TPSA) is 35.5 Å². The fourth-order valence-electron chi connectivity index (χ4n) is 1.14. The van der Waals surface area contributed by atoms with E-state index < -0.39 is 12.3 Å². The number of hydrogen-bond donors (Lipinski definition) is 0. The summed E-state index contributed by atoms with van der Waals surface area (Å²) in [5.74, 6) is -0.409. The van der Waals surface area contributed by atoms with E-state index in [0.29, 0.717) is 0 Å². The molecule has 0 heterocycles. The minimum absolute atomic E-state index is 0.409. The maximum atomic E-state index is 11.2. The monoisotopic (exact) mass is 206 g/mol. The number of hydrogen-bond acceptors (Lipinski definition) is 3. The molecule has 0 fully saturated rings. The second-order valence-electron chi connectivity index (χ2n) is 2.92. The quantitative estimate of drug-likeness (QED) is 0.431. The largest absolute Gasteiger partial charge is 0.428 e. The van der Waals surface area contributed by atoms with Crippen LogP contribution in [0.15, 0.2) is 42.5 Å². The summed E-state index contributed by atoms with van der Waals surface area (Å²) in [4.78, 5) is 11.2. The molecule has 0 spiro atoms. The third kappa shape index (κ3) is 3.56. The molecule has 1 atom stereocenters. The van der Waals surface area contributed by atoms with Crippen molar-refractivity contribution < 1.29 is 14.3 Å². The fraction of sp³-hybridized carbons (Fsp3) is 0.250. The Bertz CT molecular complexity index is 330. The summed E-state index contributed by atoms with van der Waals surface area (Å²) in [7, 11) is 1.50. The highest BCUT2D eigenvalue weighted by Gasteiger charge is 2.13. The average molecular weight is 206 g/mol. The molecule has 1 unspecified atom stereocenters. The molecule has 1 aromatic carbocycles. The summed E-state index contributed by atoms with van der Waals surface area (Å²) >= 11 is 0. The van der Waals surface area contributed by atoms with Crippen LogP contribution in [0.3, 0.4) is 0 Å². The summed E-state index contributed by atoms with van der Waals surface area (Å²) in [6.07, 6.45) is 2.34. The Hall–Kier alpha value is -1.61. The standard InChI is InChI=1S/C12H14O3/c1-3-7-11(13)15-12(14-2)10-8-5-4-6-9-10/h3-9,12H,1-2H3. The zero-order valence-electron chi connectivity index (χ0n) is 8.84. The molecule has 0 aliphatic rings. The van der Waals surface area contributed by atoms with Crippen molar-refractivity contribution >= 4 is 5.97 Å². The Morgan fingerprint density at radius 3 is 2.53 bits per heavy atom. The van der Waals surface area contributed by atoms with Gasteiger partial charge in [-0.25, -0.2) is 4.79 Å². The van der Waals surface area contributed by atoms with Crippen LogP contribution in [0, 0.1) is 0 Å². The first-order valence-corrected chi connectivity index (χ1v) is 4.69. The number of rotatable bonds is 4. The highest BCUT2D eigenvalue weighted by molar-refractivity contribution is 5.81. The van der Waals surface area contributed by atoms with E-state index in [2.05, 4.69) is 0 Å². The first-order chi connectivity index (χ1) is 7.27. The van der Waals surface area contributed by atoms with Gasteiger partial charge in [0.2, 0.25) is 6.29 Å². The van der Waals surface area contributed by atoms with Gasteiger partial charge in [-0.3, -0.25) is 0 Å². The van der Waals surface area contributed by atoms with Crippen molar-refractivity contribution in [2.24, 2.45) is 0 Å². The van der Waals surface area contributed by atoms with Crippen LogP contribution in [-0.2, 0) is 14.3 Å². The first kappa shape index (κ1) is 11.5. The molecular weight excluding hydrogens is 192 g/mol. The van der Waals surface area contributed by atoms with E-state index in [1.165, 1.54) is 13.2 Å². The lowest BCUT2D eigenvalue weighted by Crippen LogP contribution is -2.10. The number of ether oxygens (including phenoxy) is 2. The van der Waals surface area contributed by atoms with Crippen LogP contribution < -0.4 is 0 Å². The van der Waals surface area contributed by atoms with E-state index >= 15 is 0 Å². The van der Waals surface area contributed by atoms with E-state index in [1.54, 1.807) is 13.0 Å². The van der Waals surface area contributed by atoms with Gasteiger partial charge in [-0.15, -0.1) is 0 Å². The van der Waals surface area contributed by atoms with Crippen molar-refractivity contribution in [1.82, 2.24) is 0 Å². The van der Waals surface area contributed by atoms with Gasteiger partial charge in [-0.05, 0) is 6.92 Å². The van der Waals surface area contributed by atoms with Crippen LogP contribution in [0.25, 0.3) is 0 Å². The van der Waals surface area contributed by atoms with Gasteiger partial charge in [0, 0.05) is 18.7 Å². The number of methoxy groups -OCH3 is 1. The van der Waals surface area contributed by atoms with E-state index in [0.717, 1.165) is 5.56 Å². The van der Waals surface area contributed by atoms with Gasteiger partial charge in [-0.2, -0.15) is 0 Å². The SMILES string of the molecule is CC=CC(=O)OC(OC)c1ccccc1. The summed E-state index contributed by atoms with van der Waals surface area (Å²) < 4.78 is 10.2. The minimum atomic E-state index is -0.644. The lowest BCUT2D eigenvalue weighted by molar-refractivity contribution is -0.169. The maximum absolute atomic E-state index is 11.2. The zero-order valence-corrected chi connectivity index (χ0v) is 8.84. The third-order valence-electron chi connectivity index (χ3n) is 1.81. The predicted molar refractivity (Wildman–Crippen MR) is 57.1 cm³/mol. The molecule has 1 aromatic rings. The maximum Gasteiger partial charge on any atom is 0.332 e. The van der Waals surface area contributed by atoms with Crippen LogP contribution in [-0.4, -0.2) is 13.1 Å². The fourth-order valence-corrected chi connectivity index (χ4v) is 1.14. The van der Waals surface area contributed by atoms with E-state index in [1.807, 2.05) is 30.3 Å². The Balaban J connectivity index is 2.69. The summed E-state index contributed by atoms with van der Waals surface area (Å²) in [6, 6.07) is 9.31. The normalized spacial score (nSPS) is 12.7. The molecule has 0 bridgehead atoms. The van der Waals surface area contributed by atoms with Crippen molar-refractivity contribution in [3.8, 4) is 0 Å². The molecule has 1 rings (SSSR count). The molecule has 3 heteroatoms. The van der Waals surface area contributed by atoms with Crippen LogP contribution in [0.1, 0.15) is 18.8 Å². The van der Waals surface area contributed by atoms with E-state index in [4.69, 9.17) is 9.47 Å². The molecule has 3 nitrogen and oxygen atoms in total. The minimum Gasteiger partial charge on any atom is -0.428 e. The van der Waals surface area contributed by atoms with Crippen molar-refractivity contribution in [3.05, 3.63) is 48.0 Å². The van der Waals surface area contributed by atoms with Crippen LogP contribution in [0.4, 0.5) is 0 Å². The number of allylic oxidation sites excluding steroid dienone is 1. The first-order valence-electron chi connectivity index (χ1n) is 4.69. The van der Waals surface area contributed by atoms with Crippen LogP contribution >= 0.6 is 0 Å². The molecule has 0 radical (unpaired) electrons. The van der Waals surface area contributed by atoms with Gasteiger partial charge in [0.25, 0.3) is 0 Å². The number of benzene rings is 1. The highest BCUT2D eigenvalue weighted by Crippen LogP contribution is 2.17. The van der Waals surface area contributed by atoms with Crippen molar-refractivity contribution in [3.63, 3.8) is 0 Å². The average Bonchev–Trinajstić information content (AvgIpc) is 2.27. The Labute approximate surface area is 89.3 Å². The van der Waals surface area contributed by atoms with Crippen molar-refractivity contribution in [1.29, 1.82) is 0 Å². The molecule has 0 saturated heterocycles. The Kier molecular flexibility index (Phi) is 4.57. The van der Waals surface area contributed by atoms with Crippen LogP contribution in [0.2, 0.25) is 0 Å². The molecule has 0 aliphatic heterocycles. The zero-order chi connectivity index (χ0) is 11.1. The van der Waals surface area contributed by atoms with Gasteiger partial charge in [0.1, 0.15) is 0 Å². The van der Waals surface area contributed by atoms with Crippen molar-refractivity contribution in [2.45, 2.75) is 13.2 Å². The van der Waals surface area contributed by atoms with Gasteiger partial charge < -0.3 is 9.47 Å². The Morgan fingerprint density at radius 2 is 2.00 bits per heavy atom. The highest BCUT2D eigenvalue weighted by atomic mass is 16.7. The molecule has 15 heavy (non-hydrogen) atoms. The summed E-state index contributed by atoms with van der Waals surface area (Å²) in [5.41, 5.74) is 0.817.